The second-order valence-corrected chi connectivity index (χ2v) is 8.04. The zero-order chi connectivity index (χ0) is 20.1. The van der Waals surface area contributed by atoms with Crippen LogP contribution in [-0.4, -0.2) is 64.7 Å². The maximum atomic E-state index is 12.2. The molecule has 1 saturated heterocycles. The molecule has 28 heavy (non-hydrogen) atoms. The van der Waals surface area contributed by atoms with Crippen molar-refractivity contribution in [3.05, 3.63) is 29.8 Å². The zero-order valence-electron chi connectivity index (χ0n) is 14.8. The van der Waals surface area contributed by atoms with Gasteiger partial charge in [-0.1, -0.05) is 23.9 Å². The zero-order valence-corrected chi connectivity index (χ0v) is 16.4. The molecule has 3 rings (SSSR count). The minimum Gasteiger partial charge on any atom is -0.406 e. The van der Waals surface area contributed by atoms with Gasteiger partial charge in [0.15, 0.2) is 0 Å². The lowest BCUT2D eigenvalue weighted by Crippen LogP contribution is -2.58. The molecule has 0 radical (unpaired) electrons. The molecule has 0 bridgehead atoms. The van der Waals surface area contributed by atoms with E-state index in [2.05, 4.69) is 20.1 Å². The molecule has 1 fully saturated rings. The SMILES string of the molecule is NC(=O)C(C1SC=NN1SCc1ccc(OC(F)(F)F)cc1)N1CCNCC1. The van der Waals surface area contributed by atoms with Gasteiger partial charge in [-0.3, -0.25) is 9.69 Å². The molecular weight excluding hydrogens is 415 g/mol. The van der Waals surface area contributed by atoms with Crippen molar-refractivity contribution in [1.29, 1.82) is 0 Å². The van der Waals surface area contributed by atoms with Crippen LogP contribution in [0, 0.1) is 0 Å². The number of nitrogens with zero attached hydrogens (tertiary/aromatic N) is 3. The number of nitrogens with two attached hydrogens (primary N) is 1. The lowest BCUT2D eigenvalue weighted by atomic mass is 10.2. The molecule has 2 heterocycles. The van der Waals surface area contributed by atoms with E-state index in [1.807, 2.05) is 0 Å². The van der Waals surface area contributed by atoms with Crippen molar-refractivity contribution in [3.8, 4) is 5.75 Å². The first-order chi connectivity index (χ1) is 13.3. The standard InChI is InChI=1S/C16H20F3N5O2S2/c17-16(18,19)26-12-3-1-11(2-4-12)9-28-24-15(27-10-22-24)13(14(20)25)23-7-5-21-6-8-23/h1-4,10,13,15,21H,5-9H2,(H2,20,25). The topological polar surface area (TPSA) is 83.2 Å². The van der Waals surface area contributed by atoms with Crippen molar-refractivity contribution in [2.45, 2.75) is 23.5 Å². The number of benzene rings is 1. The minimum atomic E-state index is -4.71. The molecule has 0 aromatic heterocycles. The first kappa shape index (κ1) is 21.1. The Bertz CT molecular complexity index is 699. The van der Waals surface area contributed by atoms with Gasteiger partial charge in [-0.05, 0) is 29.6 Å². The highest BCUT2D eigenvalue weighted by atomic mass is 32.2. The molecular formula is C16H20F3N5O2S2. The molecule has 2 aliphatic rings. The van der Waals surface area contributed by atoms with Gasteiger partial charge in [0, 0.05) is 31.9 Å². The third kappa shape index (κ3) is 5.69. The summed E-state index contributed by atoms with van der Waals surface area (Å²) in [6.07, 6.45) is -4.71. The number of carbonyl (C=O) groups excluding carboxylic acids is 1. The van der Waals surface area contributed by atoms with Crippen LogP contribution in [0.2, 0.25) is 0 Å². The summed E-state index contributed by atoms with van der Waals surface area (Å²) in [7, 11) is 0. The number of hydrazone groups is 1. The molecule has 7 nitrogen and oxygen atoms in total. The van der Waals surface area contributed by atoms with Gasteiger partial charge in [-0.15, -0.1) is 13.2 Å². The smallest absolute Gasteiger partial charge is 0.406 e. The van der Waals surface area contributed by atoms with Crippen LogP contribution in [0.5, 0.6) is 5.75 Å². The van der Waals surface area contributed by atoms with Crippen LogP contribution in [0.15, 0.2) is 29.4 Å². The monoisotopic (exact) mass is 435 g/mol. The number of hydrogen-bond donors (Lipinski definition) is 2. The number of halogens is 3. The number of carbonyl (C=O) groups is 1. The maximum Gasteiger partial charge on any atom is 0.573 e. The molecule has 1 aromatic rings. The van der Waals surface area contributed by atoms with Gasteiger partial charge in [-0.2, -0.15) is 5.10 Å². The normalized spacial score (nSPS) is 21.7. The van der Waals surface area contributed by atoms with Crippen LogP contribution in [-0.2, 0) is 10.5 Å². The average molecular weight is 435 g/mol. The fourth-order valence-corrected chi connectivity index (χ4v) is 5.08. The largest absolute Gasteiger partial charge is 0.573 e. The maximum absolute atomic E-state index is 12.2. The second kappa shape index (κ2) is 9.25. The summed E-state index contributed by atoms with van der Waals surface area (Å²) in [6, 6.07) is 5.20. The fraction of sp³-hybridized carbons (Fsp3) is 0.500. The number of primary amides is 1. The van der Waals surface area contributed by atoms with Crippen molar-refractivity contribution >= 4 is 35.2 Å². The minimum absolute atomic E-state index is 0.256. The first-order valence-electron chi connectivity index (χ1n) is 8.52. The highest BCUT2D eigenvalue weighted by Crippen LogP contribution is 2.34. The van der Waals surface area contributed by atoms with Crippen LogP contribution in [0.3, 0.4) is 0 Å². The predicted molar refractivity (Wildman–Crippen MR) is 104 cm³/mol. The van der Waals surface area contributed by atoms with Gasteiger partial charge < -0.3 is 15.8 Å². The summed E-state index contributed by atoms with van der Waals surface area (Å²) < 4.78 is 42.3. The third-order valence-corrected chi connectivity index (χ3v) is 6.34. The molecule has 2 aliphatic heterocycles. The van der Waals surface area contributed by atoms with E-state index in [0.717, 1.165) is 31.7 Å². The molecule has 0 spiro atoms. The summed E-state index contributed by atoms with van der Waals surface area (Å²) in [5, 5.41) is 7.30. The van der Waals surface area contributed by atoms with E-state index in [4.69, 9.17) is 5.73 Å². The van der Waals surface area contributed by atoms with Crippen LogP contribution in [0.25, 0.3) is 0 Å². The molecule has 1 aromatic carbocycles. The summed E-state index contributed by atoms with van der Waals surface area (Å²) >= 11 is 2.81. The van der Waals surface area contributed by atoms with Gasteiger partial charge in [0.2, 0.25) is 5.91 Å². The Morgan fingerprint density at radius 3 is 2.64 bits per heavy atom. The van der Waals surface area contributed by atoms with Gasteiger partial charge in [-0.25, -0.2) is 4.41 Å². The highest BCUT2D eigenvalue weighted by molar-refractivity contribution is 8.13. The van der Waals surface area contributed by atoms with Gasteiger partial charge in [0.25, 0.3) is 0 Å². The number of amides is 1. The predicted octanol–water partition coefficient (Wildman–Crippen LogP) is 1.81. The van der Waals surface area contributed by atoms with Crippen molar-refractivity contribution in [3.63, 3.8) is 0 Å². The number of hydrogen-bond acceptors (Lipinski definition) is 8. The summed E-state index contributed by atoms with van der Waals surface area (Å²) in [6.45, 7) is 3.04. The van der Waals surface area contributed by atoms with E-state index in [1.165, 1.54) is 35.8 Å². The number of ether oxygens (including phenoxy) is 1. The van der Waals surface area contributed by atoms with Crippen molar-refractivity contribution in [2.24, 2.45) is 10.8 Å². The molecule has 0 aliphatic carbocycles. The van der Waals surface area contributed by atoms with E-state index in [9.17, 15) is 18.0 Å². The summed E-state index contributed by atoms with van der Waals surface area (Å²) in [5.41, 5.74) is 8.16. The van der Waals surface area contributed by atoms with Crippen LogP contribution >= 0.6 is 23.7 Å². The molecule has 1 amide bonds. The third-order valence-electron chi connectivity index (χ3n) is 4.21. The second-order valence-electron chi connectivity index (χ2n) is 6.15. The molecule has 3 N–H and O–H groups in total. The molecule has 154 valence electrons. The lowest BCUT2D eigenvalue weighted by Gasteiger charge is -2.37. The summed E-state index contributed by atoms with van der Waals surface area (Å²) in [4.78, 5) is 14.2. The van der Waals surface area contributed by atoms with Crippen LogP contribution < -0.4 is 15.8 Å². The van der Waals surface area contributed by atoms with E-state index in [-0.39, 0.29) is 11.1 Å². The highest BCUT2D eigenvalue weighted by Gasteiger charge is 2.39. The Morgan fingerprint density at radius 1 is 1.36 bits per heavy atom. The Morgan fingerprint density at radius 2 is 2.04 bits per heavy atom. The number of nitrogens with one attached hydrogen (secondary N) is 1. The Hall–Kier alpha value is -1.63. The average Bonchev–Trinajstić information content (AvgIpc) is 3.09. The Kier molecular flexibility index (Phi) is 6.96. The number of rotatable bonds is 7. The fourth-order valence-electron chi connectivity index (χ4n) is 2.94. The van der Waals surface area contributed by atoms with Crippen molar-refractivity contribution in [1.82, 2.24) is 14.6 Å². The van der Waals surface area contributed by atoms with Crippen molar-refractivity contribution in [2.75, 3.05) is 26.2 Å². The van der Waals surface area contributed by atoms with E-state index >= 15 is 0 Å². The number of piperazine rings is 1. The summed E-state index contributed by atoms with van der Waals surface area (Å²) in [5.74, 6) is -0.182. The number of thioether (sulfide) groups is 1. The van der Waals surface area contributed by atoms with E-state index in [0.29, 0.717) is 5.75 Å². The van der Waals surface area contributed by atoms with Crippen LogP contribution in [0.1, 0.15) is 5.56 Å². The quantitative estimate of drug-likeness (QED) is 0.632. The molecule has 12 heteroatoms. The van der Waals surface area contributed by atoms with Gasteiger partial charge in [0.05, 0.1) is 5.55 Å². The van der Waals surface area contributed by atoms with Crippen molar-refractivity contribution < 1.29 is 22.7 Å². The molecule has 0 saturated carbocycles. The van der Waals surface area contributed by atoms with Crippen LogP contribution in [0.4, 0.5) is 13.2 Å². The van der Waals surface area contributed by atoms with Gasteiger partial charge >= 0.3 is 6.36 Å². The lowest BCUT2D eigenvalue weighted by molar-refractivity contribution is -0.274. The number of alkyl halides is 3. The van der Waals surface area contributed by atoms with Gasteiger partial charge in [0.1, 0.15) is 17.2 Å². The Balaban J connectivity index is 1.59. The van der Waals surface area contributed by atoms with E-state index < -0.39 is 18.3 Å². The Labute approximate surface area is 168 Å². The first-order valence-corrected chi connectivity index (χ1v) is 10.4. The molecule has 2 unspecified atom stereocenters. The molecule has 2 atom stereocenters. The van der Waals surface area contributed by atoms with E-state index in [1.54, 1.807) is 22.1 Å².